The average molecular weight is 248 g/mol. The maximum atomic E-state index is 12.0. The SMILES string of the molecule is CCC(C)NCC(=O)N(C)C(C)c1ccccc1. The molecule has 100 valence electrons. The summed E-state index contributed by atoms with van der Waals surface area (Å²) in [7, 11) is 1.86. The molecule has 0 spiro atoms. The summed E-state index contributed by atoms with van der Waals surface area (Å²) in [5.74, 6) is 0.131. The van der Waals surface area contributed by atoms with Crippen LogP contribution in [-0.4, -0.2) is 30.4 Å². The van der Waals surface area contributed by atoms with E-state index in [0.29, 0.717) is 12.6 Å². The van der Waals surface area contributed by atoms with Gasteiger partial charge in [0.2, 0.25) is 5.91 Å². The van der Waals surface area contributed by atoms with Gasteiger partial charge in [-0.3, -0.25) is 4.79 Å². The minimum atomic E-state index is 0.109. The molecule has 1 N–H and O–H groups in total. The number of amides is 1. The molecule has 0 aliphatic carbocycles. The van der Waals surface area contributed by atoms with Gasteiger partial charge in [-0.1, -0.05) is 37.3 Å². The zero-order chi connectivity index (χ0) is 13.5. The Morgan fingerprint density at radius 1 is 1.28 bits per heavy atom. The van der Waals surface area contributed by atoms with Crippen LogP contribution in [0.3, 0.4) is 0 Å². The molecule has 1 rings (SSSR count). The van der Waals surface area contributed by atoms with E-state index in [2.05, 4.69) is 38.2 Å². The number of nitrogens with one attached hydrogen (secondary N) is 1. The lowest BCUT2D eigenvalue weighted by Gasteiger charge is -2.26. The van der Waals surface area contributed by atoms with Crippen LogP contribution in [0.1, 0.15) is 38.8 Å². The van der Waals surface area contributed by atoms with Crippen LogP contribution >= 0.6 is 0 Å². The zero-order valence-corrected chi connectivity index (χ0v) is 11.8. The van der Waals surface area contributed by atoms with Crippen molar-refractivity contribution >= 4 is 5.91 Å². The summed E-state index contributed by atoms with van der Waals surface area (Å²) < 4.78 is 0. The second-order valence-corrected chi connectivity index (χ2v) is 4.78. The monoisotopic (exact) mass is 248 g/mol. The molecule has 0 aliphatic heterocycles. The lowest BCUT2D eigenvalue weighted by atomic mass is 10.1. The Balaban J connectivity index is 2.53. The van der Waals surface area contributed by atoms with Gasteiger partial charge in [0, 0.05) is 13.1 Å². The molecule has 2 atom stereocenters. The van der Waals surface area contributed by atoms with Gasteiger partial charge in [-0.05, 0) is 25.8 Å². The molecule has 0 bridgehead atoms. The van der Waals surface area contributed by atoms with Gasteiger partial charge in [0.1, 0.15) is 0 Å². The first kappa shape index (κ1) is 14.7. The van der Waals surface area contributed by atoms with Gasteiger partial charge in [0.05, 0.1) is 12.6 Å². The highest BCUT2D eigenvalue weighted by Gasteiger charge is 2.17. The molecule has 0 saturated carbocycles. The van der Waals surface area contributed by atoms with Crippen molar-refractivity contribution in [2.75, 3.05) is 13.6 Å². The van der Waals surface area contributed by atoms with Crippen molar-refractivity contribution in [3.8, 4) is 0 Å². The predicted octanol–water partition coefficient (Wildman–Crippen LogP) is 2.59. The van der Waals surface area contributed by atoms with Crippen LogP contribution in [0.2, 0.25) is 0 Å². The summed E-state index contributed by atoms with van der Waals surface area (Å²) in [4.78, 5) is 13.8. The number of hydrogen-bond donors (Lipinski definition) is 1. The Hall–Kier alpha value is -1.35. The van der Waals surface area contributed by atoms with Gasteiger partial charge >= 0.3 is 0 Å². The molecule has 3 nitrogen and oxygen atoms in total. The quantitative estimate of drug-likeness (QED) is 0.839. The smallest absolute Gasteiger partial charge is 0.236 e. The number of benzene rings is 1. The van der Waals surface area contributed by atoms with Gasteiger partial charge in [-0.2, -0.15) is 0 Å². The molecule has 0 heterocycles. The first-order valence-electron chi connectivity index (χ1n) is 6.60. The highest BCUT2D eigenvalue weighted by Crippen LogP contribution is 2.17. The first-order chi connectivity index (χ1) is 8.56. The minimum absolute atomic E-state index is 0.109. The number of hydrogen-bond acceptors (Lipinski definition) is 2. The molecule has 0 radical (unpaired) electrons. The molecule has 18 heavy (non-hydrogen) atoms. The van der Waals surface area contributed by atoms with Crippen molar-refractivity contribution in [2.45, 2.75) is 39.3 Å². The summed E-state index contributed by atoms with van der Waals surface area (Å²) in [5, 5.41) is 3.23. The van der Waals surface area contributed by atoms with Crippen LogP contribution in [0.5, 0.6) is 0 Å². The molecule has 0 aliphatic rings. The Bertz CT molecular complexity index is 364. The van der Waals surface area contributed by atoms with E-state index in [1.807, 2.05) is 25.2 Å². The largest absolute Gasteiger partial charge is 0.338 e. The van der Waals surface area contributed by atoms with E-state index >= 15 is 0 Å². The van der Waals surface area contributed by atoms with Crippen molar-refractivity contribution in [2.24, 2.45) is 0 Å². The summed E-state index contributed by atoms with van der Waals surface area (Å²) in [5.41, 5.74) is 1.16. The maximum absolute atomic E-state index is 12.0. The lowest BCUT2D eigenvalue weighted by Crippen LogP contribution is -2.39. The maximum Gasteiger partial charge on any atom is 0.236 e. The topological polar surface area (TPSA) is 32.3 Å². The van der Waals surface area contributed by atoms with Crippen molar-refractivity contribution in [3.05, 3.63) is 35.9 Å². The van der Waals surface area contributed by atoms with E-state index in [0.717, 1.165) is 12.0 Å². The molecule has 0 aromatic heterocycles. The van der Waals surface area contributed by atoms with Crippen molar-refractivity contribution < 1.29 is 4.79 Å². The number of carbonyl (C=O) groups excluding carboxylic acids is 1. The van der Waals surface area contributed by atoms with Crippen LogP contribution in [-0.2, 0) is 4.79 Å². The van der Waals surface area contributed by atoms with Crippen molar-refractivity contribution in [3.63, 3.8) is 0 Å². The normalized spacial score (nSPS) is 14.0. The van der Waals surface area contributed by atoms with Crippen LogP contribution in [0.4, 0.5) is 0 Å². The second-order valence-electron chi connectivity index (χ2n) is 4.78. The number of nitrogens with zero attached hydrogens (tertiary/aromatic N) is 1. The third-order valence-electron chi connectivity index (χ3n) is 3.47. The molecule has 2 unspecified atom stereocenters. The highest BCUT2D eigenvalue weighted by molar-refractivity contribution is 5.78. The third-order valence-corrected chi connectivity index (χ3v) is 3.47. The number of carbonyl (C=O) groups is 1. The Morgan fingerprint density at radius 3 is 2.44 bits per heavy atom. The minimum Gasteiger partial charge on any atom is -0.338 e. The summed E-state index contributed by atoms with van der Waals surface area (Å²) in [6.07, 6.45) is 1.03. The second kappa shape index (κ2) is 7.17. The zero-order valence-electron chi connectivity index (χ0n) is 11.8. The molecule has 0 fully saturated rings. The van der Waals surface area contributed by atoms with Crippen molar-refractivity contribution in [1.29, 1.82) is 0 Å². The van der Waals surface area contributed by atoms with Gasteiger partial charge in [0.15, 0.2) is 0 Å². The van der Waals surface area contributed by atoms with E-state index in [4.69, 9.17) is 0 Å². The van der Waals surface area contributed by atoms with Crippen LogP contribution in [0.15, 0.2) is 30.3 Å². The first-order valence-corrected chi connectivity index (χ1v) is 6.60. The van der Waals surface area contributed by atoms with Crippen LogP contribution in [0.25, 0.3) is 0 Å². The Kier molecular flexibility index (Phi) is 5.86. The van der Waals surface area contributed by atoms with Gasteiger partial charge < -0.3 is 10.2 Å². The lowest BCUT2D eigenvalue weighted by molar-refractivity contribution is -0.131. The van der Waals surface area contributed by atoms with E-state index < -0.39 is 0 Å². The average Bonchev–Trinajstić information content (AvgIpc) is 2.43. The summed E-state index contributed by atoms with van der Waals surface area (Å²) in [6, 6.07) is 10.6. The van der Waals surface area contributed by atoms with E-state index in [1.54, 1.807) is 4.90 Å². The molecule has 0 saturated heterocycles. The summed E-state index contributed by atoms with van der Waals surface area (Å²) >= 11 is 0. The highest BCUT2D eigenvalue weighted by atomic mass is 16.2. The van der Waals surface area contributed by atoms with Gasteiger partial charge in [-0.25, -0.2) is 0 Å². The molecule has 1 amide bonds. The Morgan fingerprint density at radius 2 is 1.89 bits per heavy atom. The van der Waals surface area contributed by atoms with Gasteiger partial charge in [0.25, 0.3) is 0 Å². The van der Waals surface area contributed by atoms with Crippen molar-refractivity contribution in [1.82, 2.24) is 10.2 Å². The van der Waals surface area contributed by atoms with E-state index in [1.165, 1.54) is 0 Å². The molecular formula is C15H24N2O. The number of rotatable bonds is 6. The third kappa shape index (κ3) is 4.15. The molecule has 1 aromatic rings. The summed E-state index contributed by atoms with van der Waals surface area (Å²) in [6.45, 7) is 6.66. The molecule has 1 aromatic carbocycles. The van der Waals surface area contributed by atoms with Crippen LogP contribution in [0, 0.1) is 0 Å². The van der Waals surface area contributed by atoms with E-state index in [9.17, 15) is 4.79 Å². The number of likely N-dealkylation sites (N-methyl/N-ethyl adjacent to an activating group) is 1. The fourth-order valence-electron chi connectivity index (χ4n) is 1.70. The van der Waals surface area contributed by atoms with Gasteiger partial charge in [-0.15, -0.1) is 0 Å². The molecular weight excluding hydrogens is 224 g/mol. The fourth-order valence-corrected chi connectivity index (χ4v) is 1.70. The Labute approximate surface area is 110 Å². The standard InChI is InChI=1S/C15H24N2O/c1-5-12(2)16-11-15(18)17(4)13(3)14-9-7-6-8-10-14/h6-10,12-13,16H,5,11H2,1-4H3. The van der Waals surface area contributed by atoms with Crippen LogP contribution < -0.4 is 5.32 Å². The fraction of sp³-hybridized carbons (Fsp3) is 0.533. The molecule has 3 heteroatoms. The predicted molar refractivity (Wildman–Crippen MR) is 75.4 cm³/mol. The van der Waals surface area contributed by atoms with E-state index in [-0.39, 0.29) is 11.9 Å².